The van der Waals surface area contributed by atoms with E-state index in [1.54, 1.807) is 0 Å². The summed E-state index contributed by atoms with van der Waals surface area (Å²) in [6.45, 7) is 3.66. The van der Waals surface area contributed by atoms with E-state index in [1.165, 1.54) is 122 Å². The quantitative estimate of drug-likeness (QED) is 0.0275. The predicted octanol–water partition coefficient (Wildman–Crippen LogP) is 6.13. The van der Waals surface area contributed by atoms with Crippen molar-refractivity contribution >= 4 is 5.97 Å². The van der Waals surface area contributed by atoms with Crippen LogP contribution in [0.1, 0.15) is 187 Å². The van der Waals surface area contributed by atoms with Crippen LogP contribution in [0, 0.1) is 0 Å². The number of carbonyl (C=O) groups excluding carboxylic acids is 1. The maximum atomic E-state index is 12.9. The Morgan fingerprint density at radius 1 is 0.483 bits per heavy atom. The fourth-order valence-electron chi connectivity index (χ4n) is 7.87. The zero-order valence-electron chi connectivity index (χ0n) is 37.5. The Hall–Kier alpha value is -1.01. The first-order valence-electron chi connectivity index (χ1n) is 24.1. The predicted molar refractivity (Wildman–Crippen MR) is 229 cm³/mol. The van der Waals surface area contributed by atoms with Crippen molar-refractivity contribution in [1.29, 1.82) is 0 Å². The Morgan fingerprint density at radius 2 is 0.883 bits per heavy atom. The van der Waals surface area contributed by atoms with E-state index in [0.717, 1.165) is 38.5 Å². The molecule has 0 aromatic carbocycles. The standard InChI is InChI=1S/C46H88O14/c1-3-5-7-9-11-12-13-14-15-16-17-18-19-20-21-22-23-24-25-27-29-38(48)58-35(32-55-30-28-26-10-8-6-4-2)33-56-45-44(54)42(52)40(50)37(60-45)34-57-46-43(53)41(51)39(49)36(31-47)59-46/h35-37,39-47,49-54H,3-34H2,1-2H3. The zero-order valence-corrected chi connectivity index (χ0v) is 37.5. The van der Waals surface area contributed by atoms with Crippen LogP contribution >= 0.6 is 0 Å². The first-order valence-corrected chi connectivity index (χ1v) is 24.1. The minimum atomic E-state index is -1.70. The van der Waals surface area contributed by atoms with Gasteiger partial charge in [0.05, 0.1) is 26.4 Å². The fourth-order valence-corrected chi connectivity index (χ4v) is 7.87. The molecule has 2 saturated heterocycles. The lowest BCUT2D eigenvalue weighted by molar-refractivity contribution is -0.332. The number of aliphatic hydroxyl groups excluding tert-OH is 7. The number of hydrogen-bond acceptors (Lipinski definition) is 14. The number of unbranched alkanes of at least 4 members (excludes halogenated alkanes) is 24. The summed E-state index contributed by atoms with van der Waals surface area (Å²) < 4.78 is 34.0. The number of carbonyl (C=O) groups is 1. The summed E-state index contributed by atoms with van der Waals surface area (Å²) in [5, 5.41) is 71.8. The lowest BCUT2D eigenvalue weighted by Gasteiger charge is -2.42. The van der Waals surface area contributed by atoms with E-state index in [1.807, 2.05) is 0 Å². The van der Waals surface area contributed by atoms with Crippen molar-refractivity contribution in [2.45, 2.75) is 255 Å². The van der Waals surface area contributed by atoms with Gasteiger partial charge in [-0.15, -0.1) is 0 Å². The van der Waals surface area contributed by atoms with E-state index in [2.05, 4.69) is 13.8 Å². The average molecular weight is 865 g/mol. The minimum Gasteiger partial charge on any atom is -0.457 e. The molecular weight excluding hydrogens is 776 g/mol. The van der Waals surface area contributed by atoms with Crippen LogP contribution in [-0.4, -0.2) is 142 Å². The first kappa shape index (κ1) is 55.1. The third-order valence-corrected chi connectivity index (χ3v) is 11.9. The van der Waals surface area contributed by atoms with Crippen LogP contribution in [0.15, 0.2) is 0 Å². The molecule has 2 fully saturated rings. The van der Waals surface area contributed by atoms with Gasteiger partial charge in [0.1, 0.15) is 54.9 Å². The number of ether oxygens (including phenoxy) is 6. The first-order chi connectivity index (χ1) is 29.1. The third kappa shape index (κ3) is 23.6. The van der Waals surface area contributed by atoms with Gasteiger partial charge < -0.3 is 64.2 Å². The van der Waals surface area contributed by atoms with Gasteiger partial charge in [0.2, 0.25) is 0 Å². The number of aliphatic hydroxyl groups is 7. The largest absolute Gasteiger partial charge is 0.457 e. The highest BCUT2D eigenvalue weighted by atomic mass is 16.7. The molecule has 0 radical (unpaired) electrons. The van der Waals surface area contributed by atoms with Crippen molar-refractivity contribution < 1.29 is 69.0 Å². The molecule has 0 saturated carbocycles. The summed E-state index contributed by atoms with van der Waals surface area (Å²) in [7, 11) is 0. The van der Waals surface area contributed by atoms with Gasteiger partial charge in [-0.25, -0.2) is 0 Å². The van der Waals surface area contributed by atoms with Gasteiger partial charge >= 0.3 is 5.97 Å². The molecule has 0 aromatic rings. The van der Waals surface area contributed by atoms with Crippen molar-refractivity contribution in [1.82, 2.24) is 0 Å². The van der Waals surface area contributed by atoms with E-state index in [-0.39, 0.29) is 25.6 Å². The van der Waals surface area contributed by atoms with Crippen LogP contribution in [-0.2, 0) is 33.2 Å². The molecule has 0 amide bonds. The molecular formula is C46H88O14. The van der Waals surface area contributed by atoms with Crippen molar-refractivity contribution in [2.75, 3.05) is 33.0 Å². The van der Waals surface area contributed by atoms with Crippen molar-refractivity contribution in [3.05, 3.63) is 0 Å². The van der Waals surface area contributed by atoms with E-state index < -0.39 is 80.7 Å². The Balaban J connectivity index is 1.69. The second-order valence-corrected chi connectivity index (χ2v) is 17.3. The summed E-state index contributed by atoms with van der Waals surface area (Å²) in [5.41, 5.74) is 0. The highest BCUT2D eigenvalue weighted by molar-refractivity contribution is 5.69. The third-order valence-electron chi connectivity index (χ3n) is 11.9. The molecule has 0 bridgehead atoms. The highest BCUT2D eigenvalue weighted by Gasteiger charge is 2.47. The van der Waals surface area contributed by atoms with E-state index >= 15 is 0 Å². The molecule has 0 aliphatic carbocycles. The smallest absolute Gasteiger partial charge is 0.306 e. The van der Waals surface area contributed by atoms with Crippen molar-refractivity contribution in [3.8, 4) is 0 Å². The Kier molecular flexibility index (Phi) is 32.5. The monoisotopic (exact) mass is 865 g/mol. The lowest BCUT2D eigenvalue weighted by atomic mass is 9.98. The second kappa shape index (κ2) is 35.4. The van der Waals surface area contributed by atoms with Gasteiger partial charge in [-0.2, -0.15) is 0 Å². The molecule has 2 aliphatic heterocycles. The highest BCUT2D eigenvalue weighted by Crippen LogP contribution is 2.26. The van der Waals surface area contributed by atoms with Crippen LogP contribution in [0.25, 0.3) is 0 Å². The van der Waals surface area contributed by atoms with Crippen molar-refractivity contribution in [3.63, 3.8) is 0 Å². The zero-order chi connectivity index (χ0) is 43.8. The summed E-state index contributed by atoms with van der Waals surface area (Å²) >= 11 is 0. The number of esters is 1. The topological polar surface area (TPSA) is 214 Å². The van der Waals surface area contributed by atoms with Gasteiger partial charge in [-0.3, -0.25) is 4.79 Å². The van der Waals surface area contributed by atoms with Gasteiger partial charge in [0, 0.05) is 13.0 Å². The average Bonchev–Trinajstić information content (AvgIpc) is 3.24. The van der Waals surface area contributed by atoms with Crippen LogP contribution in [0.5, 0.6) is 0 Å². The molecule has 11 atom stereocenters. The fraction of sp³-hybridized carbons (Fsp3) is 0.978. The van der Waals surface area contributed by atoms with Crippen LogP contribution in [0.4, 0.5) is 0 Å². The Bertz CT molecular complexity index is 1010. The summed E-state index contributed by atoms with van der Waals surface area (Å²) in [6, 6.07) is 0. The maximum absolute atomic E-state index is 12.9. The Morgan fingerprint density at radius 3 is 1.35 bits per heavy atom. The number of hydrogen-bond donors (Lipinski definition) is 7. The second-order valence-electron chi connectivity index (χ2n) is 17.3. The van der Waals surface area contributed by atoms with Gasteiger partial charge in [-0.1, -0.05) is 168 Å². The van der Waals surface area contributed by atoms with Gasteiger partial charge in [0.25, 0.3) is 0 Å². The van der Waals surface area contributed by atoms with Crippen LogP contribution < -0.4 is 0 Å². The SMILES string of the molecule is CCCCCCCCCCCCCCCCCCCCCCC(=O)OC(COCCCCCCCC)COC1OC(COC2OC(CO)C(O)C(O)C2O)C(O)C(O)C1O. The summed E-state index contributed by atoms with van der Waals surface area (Å²) in [5.74, 6) is -0.374. The maximum Gasteiger partial charge on any atom is 0.306 e. The molecule has 2 aliphatic rings. The number of rotatable bonds is 38. The van der Waals surface area contributed by atoms with E-state index in [4.69, 9.17) is 28.4 Å². The normalized spacial score (nSPS) is 27.6. The molecule has 11 unspecified atom stereocenters. The molecule has 356 valence electrons. The molecule has 7 N–H and O–H groups in total. The molecule has 14 heteroatoms. The molecule has 2 rings (SSSR count). The molecule has 14 nitrogen and oxygen atoms in total. The van der Waals surface area contributed by atoms with Gasteiger partial charge in [0.15, 0.2) is 12.6 Å². The lowest BCUT2D eigenvalue weighted by Crippen LogP contribution is -2.61. The Labute approximate surface area is 362 Å². The minimum absolute atomic E-state index is 0.0671. The van der Waals surface area contributed by atoms with Gasteiger partial charge in [-0.05, 0) is 12.8 Å². The summed E-state index contributed by atoms with van der Waals surface area (Å²) in [6.07, 6.45) is 16.4. The molecule has 2 heterocycles. The molecule has 60 heavy (non-hydrogen) atoms. The van der Waals surface area contributed by atoms with E-state index in [0.29, 0.717) is 13.0 Å². The van der Waals surface area contributed by atoms with Crippen LogP contribution in [0.3, 0.4) is 0 Å². The van der Waals surface area contributed by atoms with E-state index in [9.17, 15) is 40.5 Å². The molecule has 0 aromatic heterocycles. The molecule has 0 spiro atoms. The summed E-state index contributed by atoms with van der Waals surface area (Å²) in [4.78, 5) is 12.9. The van der Waals surface area contributed by atoms with Crippen molar-refractivity contribution in [2.24, 2.45) is 0 Å². The van der Waals surface area contributed by atoms with Crippen LogP contribution in [0.2, 0.25) is 0 Å².